The van der Waals surface area contributed by atoms with Gasteiger partial charge in [-0.1, -0.05) is 54.6 Å². The number of benzene rings is 2. The predicted octanol–water partition coefficient (Wildman–Crippen LogP) is 4.96. The highest BCUT2D eigenvalue weighted by Gasteiger charge is 2.14. The number of carbonyl (C=O) groups excluding carboxylic acids is 2. The van der Waals surface area contributed by atoms with Gasteiger partial charge in [0.1, 0.15) is 5.76 Å². The third-order valence-electron chi connectivity index (χ3n) is 4.41. The molecule has 2 N–H and O–H groups in total. The summed E-state index contributed by atoms with van der Waals surface area (Å²) in [7, 11) is 0. The Morgan fingerprint density at radius 2 is 1.63 bits per heavy atom. The van der Waals surface area contributed by atoms with Crippen molar-refractivity contribution in [1.29, 1.82) is 0 Å². The van der Waals surface area contributed by atoms with Crippen LogP contribution >= 0.6 is 11.3 Å². The van der Waals surface area contributed by atoms with E-state index in [0.717, 1.165) is 22.4 Å². The number of thiazole rings is 1. The van der Waals surface area contributed by atoms with Crippen LogP contribution in [-0.4, -0.2) is 16.8 Å². The third-order valence-corrected chi connectivity index (χ3v) is 5.17. The zero-order chi connectivity index (χ0) is 20.9. The number of aromatic nitrogens is 1. The second kappa shape index (κ2) is 8.75. The molecule has 0 unspecified atom stereocenters. The summed E-state index contributed by atoms with van der Waals surface area (Å²) < 4.78 is 5.46. The molecule has 0 aliphatic carbocycles. The van der Waals surface area contributed by atoms with Crippen molar-refractivity contribution in [3.05, 3.63) is 83.6 Å². The zero-order valence-corrected chi connectivity index (χ0v) is 17.0. The van der Waals surface area contributed by atoms with E-state index in [1.54, 1.807) is 12.1 Å². The number of hydrogen-bond donors (Lipinski definition) is 2. The number of anilines is 1. The first kappa shape index (κ1) is 19.6. The molecule has 30 heavy (non-hydrogen) atoms. The smallest absolute Gasteiger partial charge is 0.293 e. The molecular weight excluding hydrogens is 398 g/mol. The Morgan fingerprint density at radius 3 is 2.37 bits per heavy atom. The van der Waals surface area contributed by atoms with Gasteiger partial charge in [-0.15, -0.1) is 11.3 Å². The van der Waals surface area contributed by atoms with Gasteiger partial charge >= 0.3 is 0 Å². The molecule has 2 aromatic carbocycles. The third kappa shape index (κ3) is 4.64. The predicted molar refractivity (Wildman–Crippen MR) is 117 cm³/mol. The van der Waals surface area contributed by atoms with Crippen LogP contribution in [0.4, 0.5) is 5.13 Å². The maximum absolute atomic E-state index is 12.4. The molecule has 150 valence electrons. The van der Waals surface area contributed by atoms with Crippen molar-refractivity contribution in [1.82, 2.24) is 10.3 Å². The van der Waals surface area contributed by atoms with Crippen LogP contribution in [0.25, 0.3) is 22.4 Å². The second-order valence-electron chi connectivity index (χ2n) is 6.61. The van der Waals surface area contributed by atoms with Gasteiger partial charge in [0.05, 0.1) is 12.2 Å². The van der Waals surface area contributed by atoms with Crippen LogP contribution in [0.5, 0.6) is 0 Å². The van der Waals surface area contributed by atoms with Gasteiger partial charge in [0.25, 0.3) is 5.91 Å². The highest BCUT2D eigenvalue weighted by atomic mass is 32.1. The van der Waals surface area contributed by atoms with Gasteiger partial charge < -0.3 is 9.73 Å². The largest absolute Gasteiger partial charge is 0.454 e. The van der Waals surface area contributed by atoms with E-state index in [1.165, 1.54) is 18.3 Å². The van der Waals surface area contributed by atoms with Crippen molar-refractivity contribution in [2.75, 3.05) is 5.32 Å². The molecule has 4 rings (SSSR count). The van der Waals surface area contributed by atoms with Crippen molar-refractivity contribution < 1.29 is 14.0 Å². The standard InChI is InChI=1S/C23H19N3O3S/c1-15(27)24-13-19-11-12-21(29-19)22(28)26-23-25-20(14-30-23)18-9-7-17(8-10-18)16-5-3-2-4-6-16/h2-12,14H,13H2,1H3,(H,24,27)(H,25,26,28). The van der Waals surface area contributed by atoms with E-state index in [-0.39, 0.29) is 24.1 Å². The number of rotatable bonds is 6. The minimum absolute atomic E-state index is 0.162. The van der Waals surface area contributed by atoms with Crippen molar-refractivity contribution in [3.63, 3.8) is 0 Å². The second-order valence-corrected chi connectivity index (χ2v) is 7.47. The van der Waals surface area contributed by atoms with Gasteiger partial charge in [-0.25, -0.2) is 4.98 Å². The quantitative estimate of drug-likeness (QED) is 0.464. The Hall–Kier alpha value is -3.71. The molecule has 0 saturated carbocycles. The van der Waals surface area contributed by atoms with Crippen molar-refractivity contribution >= 4 is 28.3 Å². The number of nitrogens with zero attached hydrogens (tertiary/aromatic N) is 1. The van der Waals surface area contributed by atoms with Crippen LogP contribution in [0.15, 0.2) is 76.5 Å². The van der Waals surface area contributed by atoms with Gasteiger partial charge in [-0.05, 0) is 23.3 Å². The van der Waals surface area contributed by atoms with Crippen LogP contribution in [0, 0.1) is 0 Å². The lowest BCUT2D eigenvalue weighted by Gasteiger charge is -2.03. The van der Waals surface area contributed by atoms with E-state index in [0.29, 0.717) is 10.9 Å². The molecule has 6 nitrogen and oxygen atoms in total. The first-order chi connectivity index (χ1) is 14.6. The Bertz CT molecular complexity index is 1160. The van der Waals surface area contributed by atoms with Gasteiger partial charge in [-0.3, -0.25) is 14.9 Å². The summed E-state index contributed by atoms with van der Waals surface area (Å²) in [6.07, 6.45) is 0. The molecule has 7 heteroatoms. The molecule has 0 radical (unpaired) electrons. The average Bonchev–Trinajstić information content (AvgIpc) is 3.43. The first-order valence-electron chi connectivity index (χ1n) is 9.34. The number of carbonyl (C=O) groups is 2. The topological polar surface area (TPSA) is 84.2 Å². The summed E-state index contributed by atoms with van der Waals surface area (Å²) >= 11 is 1.35. The molecule has 0 saturated heterocycles. The van der Waals surface area contributed by atoms with E-state index in [4.69, 9.17) is 4.42 Å². The van der Waals surface area contributed by atoms with Crippen LogP contribution in [0.1, 0.15) is 23.2 Å². The number of hydrogen-bond acceptors (Lipinski definition) is 5. The highest BCUT2D eigenvalue weighted by Crippen LogP contribution is 2.28. The van der Waals surface area contributed by atoms with Crippen molar-refractivity contribution in [2.24, 2.45) is 0 Å². The molecule has 2 aromatic heterocycles. The monoisotopic (exact) mass is 417 g/mol. The number of amides is 2. The maximum Gasteiger partial charge on any atom is 0.293 e. The van der Waals surface area contributed by atoms with Gasteiger partial charge in [0, 0.05) is 17.9 Å². The minimum Gasteiger partial charge on any atom is -0.454 e. The maximum atomic E-state index is 12.4. The number of furan rings is 1. The van der Waals surface area contributed by atoms with Gasteiger partial charge in [0.15, 0.2) is 10.9 Å². The molecule has 2 amide bonds. The minimum atomic E-state index is -0.385. The lowest BCUT2D eigenvalue weighted by Crippen LogP contribution is -2.18. The Labute approximate surface area is 177 Å². The van der Waals surface area contributed by atoms with E-state index >= 15 is 0 Å². The zero-order valence-electron chi connectivity index (χ0n) is 16.2. The highest BCUT2D eigenvalue weighted by molar-refractivity contribution is 7.14. The van der Waals surface area contributed by atoms with Crippen molar-refractivity contribution in [2.45, 2.75) is 13.5 Å². The Kier molecular flexibility index (Phi) is 5.72. The molecule has 4 aromatic rings. The SMILES string of the molecule is CC(=O)NCc1ccc(C(=O)Nc2nc(-c3ccc(-c4ccccc4)cc3)cs2)o1. The van der Waals surface area contributed by atoms with E-state index in [1.807, 2.05) is 35.7 Å². The molecule has 0 bridgehead atoms. The van der Waals surface area contributed by atoms with Crippen molar-refractivity contribution in [3.8, 4) is 22.4 Å². The molecular formula is C23H19N3O3S. The summed E-state index contributed by atoms with van der Waals surface area (Å²) in [5.74, 6) is 0.127. The molecule has 0 spiro atoms. The van der Waals surface area contributed by atoms with E-state index < -0.39 is 0 Å². The Balaban J connectivity index is 1.41. The van der Waals surface area contributed by atoms with E-state index in [9.17, 15) is 9.59 Å². The fourth-order valence-electron chi connectivity index (χ4n) is 2.89. The average molecular weight is 417 g/mol. The summed E-state index contributed by atoms with van der Waals surface area (Å²) in [6.45, 7) is 1.66. The molecule has 0 aliphatic heterocycles. The Morgan fingerprint density at radius 1 is 0.933 bits per heavy atom. The molecule has 2 heterocycles. The van der Waals surface area contributed by atoms with Crippen LogP contribution in [0.3, 0.4) is 0 Å². The molecule has 0 fully saturated rings. The first-order valence-corrected chi connectivity index (χ1v) is 10.2. The molecule has 0 atom stereocenters. The normalized spacial score (nSPS) is 10.6. The van der Waals surface area contributed by atoms with Crippen LogP contribution in [0.2, 0.25) is 0 Å². The number of nitrogens with one attached hydrogen (secondary N) is 2. The van der Waals surface area contributed by atoms with E-state index in [2.05, 4.69) is 39.9 Å². The summed E-state index contributed by atoms with van der Waals surface area (Å²) in [4.78, 5) is 27.9. The summed E-state index contributed by atoms with van der Waals surface area (Å²) in [6, 6.07) is 21.5. The summed E-state index contributed by atoms with van der Waals surface area (Å²) in [5, 5.41) is 7.76. The summed E-state index contributed by atoms with van der Waals surface area (Å²) in [5.41, 5.74) is 4.06. The van der Waals surface area contributed by atoms with Gasteiger partial charge in [0.2, 0.25) is 5.91 Å². The fourth-order valence-corrected chi connectivity index (χ4v) is 3.61. The lowest BCUT2D eigenvalue weighted by molar-refractivity contribution is -0.119. The lowest BCUT2D eigenvalue weighted by atomic mass is 10.0. The molecule has 0 aliphatic rings. The van der Waals surface area contributed by atoms with Crippen LogP contribution in [-0.2, 0) is 11.3 Å². The van der Waals surface area contributed by atoms with Crippen LogP contribution < -0.4 is 10.6 Å². The van der Waals surface area contributed by atoms with Gasteiger partial charge in [-0.2, -0.15) is 0 Å². The fraction of sp³-hybridized carbons (Fsp3) is 0.0870.